The molecule has 1 aliphatic heterocycles. The zero-order valence-electron chi connectivity index (χ0n) is 15.5. The smallest absolute Gasteiger partial charge is 0.188 e. The van der Waals surface area contributed by atoms with Crippen LogP contribution in [-0.4, -0.2) is 63.4 Å². The van der Waals surface area contributed by atoms with Gasteiger partial charge in [0.1, 0.15) is 12.4 Å². The van der Waals surface area contributed by atoms with Gasteiger partial charge in [0.05, 0.1) is 19.8 Å². The summed E-state index contributed by atoms with van der Waals surface area (Å²) in [6.07, 6.45) is 1.01. The van der Waals surface area contributed by atoms with E-state index in [2.05, 4.69) is 41.2 Å². The number of rotatable bonds is 9. The Morgan fingerprint density at radius 3 is 2.68 bits per heavy atom. The zero-order valence-corrected chi connectivity index (χ0v) is 15.5. The fourth-order valence-electron chi connectivity index (χ4n) is 2.67. The molecule has 0 atom stereocenters. The van der Waals surface area contributed by atoms with Crippen LogP contribution in [0.1, 0.15) is 31.7 Å². The van der Waals surface area contributed by atoms with E-state index in [4.69, 9.17) is 15.2 Å². The third-order valence-corrected chi connectivity index (χ3v) is 4.24. The lowest BCUT2D eigenvalue weighted by Crippen LogP contribution is -2.37. The molecule has 1 saturated heterocycles. The molecule has 140 valence electrons. The number of benzene rings is 1. The maximum atomic E-state index is 5.88. The number of nitrogens with two attached hydrogens (primary N) is 1. The van der Waals surface area contributed by atoms with Crippen LogP contribution in [0, 0.1) is 0 Å². The quantitative estimate of drug-likeness (QED) is 0.405. The van der Waals surface area contributed by atoms with Crippen LogP contribution in [0.2, 0.25) is 0 Å². The molecule has 6 nitrogen and oxygen atoms in total. The van der Waals surface area contributed by atoms with Crippen LogP contribution in [0.25, 0.3) is 0 Å². The summed E-state index contributed by atoms with van der Waals surface area (Å²) in [6, 6.07) is 8.24. The van der Waals surface area contributed by atoms with Gasteiger partial charge in [-0.25, -0.2) is 0 Å². The highest BCUT2D eigenvalue weighted by Crippen LogP contribution is 2.18. The summed E-state index contributed by atoms with van der Waals surface area (Å²) < 4.78 is 11.0. The minimum atomic E-state index is 0.487. The van der Waals surface area contributed by atoms with Crippen molar-refractivity contribution in [1.82, 2.24) is 10.2 Å². The molecule has 0 amide bonds. The fourth-order valence-corrected chi connectivity index (χ4v) is 2.67. The number of hydrogen-bond acceptors (Lipinski definition) is 4. The molecule has 6 heteroatoms. The average molecular weight is 348 g/mol. The van der Waals surface area contributed by atoms with Crippen molar-refractivity contribution in [1.29, 1.82) is 0 Å². The summed E-state index contributed by atoms with van der Waals surface area (Å²) in [5.41, 5.74) is 7.19. The minimum absolute atomic E-state index is 0.487. The molecule has 1 aromatic rings. The Hall–Kier alpha value is -1.79. The van der Waals surface area contributed by atoms with Crippen molar-refractivity contribution >= 4 is 5.96 Å². The molecular weight excluding hydrogens is 316 g/mol. The lowest BCUT2D eigenvalue weighted by Gasteiger charge is -2.26. The van der Waals surface area contributed by atoms with Gasteiger partial charge in [-0.15, -0.1) is 0 Å². The number of morpholine rings is 1. The van der Waals surface area contributed by atoms with Gasteiger partial charge in [-0.1, -0.05) is 26.0 Å². The first-order valence-corrected chi connectivity index (χ1v) is 9.22. The molecule has 0 saturated carbocycles. The Balaban J connectivity index is 1.54. The molecule has 0 aromatic heterocycles. The third kappa shape index (κ3) is 7.75. The van der Waals surface area contributed by atoms with Crippen molar-refractivity contribution in [3.05, 3.63) is 29.8 Å². The molecule has 0 aliphatic carbocycles. The molecule has 0 unspecified atom stereocenters. The lowest BCUT2D eigenvalue weighted by atomic mass is 10.0. The summed E-state index contributed by atoms with van der Waals surface area (Å²) in [5, 5.41) is 3.09. The third-order valence-electron chi connectivity index (χ3n) is 4.24. The van der Waals surface area contributed by atoms with E-state index in [9.17, 15) is 0 Å². The van der Waals surface area contributed by atoms with Gasteiger partial charge >= 0.3 is 0 Å². The highest BCUT2D eigenvalue weighted by atomic mass is 16.5. The SMILES string of the molecule is CC(C)c1ccc(OCCNC(N)=NCCCN2CCOCC2)cc1. The van der Waals surface area contributed by atoms with E-state index in [0.717, 1.165) is 51.6 Å². The van der Waals surface area contributed by atoms with Gasteiger partial charge in [-0.05, 0) is 30.0 Å². The highest BCUT2D eigenvalue weighted by molar-refractivity contribution is 5.77. The van der Waals surface area contributed by atoms with Gasteiger partial charge in [-0.3, -0.25) is 9.89 Å². The normalized spacial score (nSPS) is 16.2. The van der Waals surface area contributed by atoms with Crippen LogP contribution in [0.4, 0.5) is 0 Å². The van der Waals surface area contributed by atoms with E-state index in [0.29, 0.717) is 25.0 Å². The Bertz CT molecular complexity index is 511. The highest BCUT2D eigenvalue weighted by Gasteiger charge is 2.08. The van der Waals surface area contributed by atoms with Crippen molar-refractivity contribution in [2.45, 2.75) is 26.2 Å². The first-order valence-electron chi connectivity index (χ1n) is 9.22. The molecule has 1 aliphatic rings. The van der Waals surface area contributed by atoms with Gasteiger partial charge in [0.2, 0.25) is 0 Å². The van der Waals surface area contributed by atoms with Crippen molar-refractivity contribution < 1.29 is 9.47 Å². The van der Waals surface area contributed by atoms with E-state index in [-0.39, 0.29) is 0 Å². The van der Waals surface area contributed by atoms with Gasteiger partial charge in [0.25, 0.3) is 0 Å². The Kier molecular flexibility index (Phi) is 8.55. The van der Waals surface area contributed by atoms with Gasteiger partial charge < -0.3 is 20.5 Å². The molecule has 2 rings (SSSR count). The van der Waals surface area contributed by atoms with Gasteiger partial charge in [0.15, 0.2) is 5.96 Å². The Morgan fingerprint density at radius 1 is 1.28 bits per heavy atom. The lowest BCUT2D eigenvalue weighted by molar-refractivity contribution is 0.0377. The first kappa shape index (κ1) is 19.5. The van der Waals surface area contributed by atoms with Crippen molar-refractivity contribution in [3.8, 4) is 5.75 Å². The second-order valence-corrected chi connectivity index (χ2v) is 6.57. The standard InChI is InChI=1S/C19H32N4O2/c1-16(2)17-4-6-18(7-5-17)25-13-9-22-19(20)21-8-3-10-23-11-14-24-15-12-23/h4-7,16H,3,8-15H2,1-2H3,(H3,20,21,22). The Labute approximate surface area is 151 Å². The largest absolute Gasteiger partial charge is 0.492 e. The molecule has 0 bridgehead atoms. The van der Waals surface area contributed by atoms with Crippen LogP contribution in [0.3, 0.4) is 0 Å². The number of aliphatic imine (C=N–C) groups is 1. The van der Waals surface area contributed by atoms with Crippen molar-refractivity contribution in [3.63, 3.8) is 0 Å². The van der Waals surface area contributed by atoms with Crippen LogP contribution in [0.15, 0.2) is 29.3 Å². The molecule has 0 radical (unpaired) electrons. The molecular formula is C19H32N4O2. The number of ether oxygens (including phenoxy) is 2. The molecule has 1 heterocycles. The summed E-state index contributed by atoms with van der Waals surface area (Å²) in [6.45, 7) is 11.1. The maximum Gasteiger partial charge on any atom is 0.188 e. The first-order chi connectivity index (χ1) is 12.1. The topological polar surface area (TPSA) is 72.1 Å². The second-order valence-electron chi connectivity index (χ2n) is 6.57. The Morgan fingerprint density at radius 2 is 2.00 bits per heavy atom. The predicted molar refractivity (Wildman–Crippen MR) is 102 cm³/mol. The van der Waals surface area contributed by atoms with Gasteiger partial charge in [0, 0.05) is 26.2 Å². The van der Waals surface area contributed by atoms with Crippen LogP contribution >= 0.6 is 0 Å². The summed E-state index contributed by atoms with van der Waals surface area (Å²) in [5.74, 6) is 1.91. The average Bonchev–Trinajstić information content (AvgIpc) is 2.63. The van der Waals surface area contributed by atoms with E-state index in [1.54, 1.807) is 0 Å². The minimum Gasteiger partial charge on any atom is -0.492 e. The molecule has 3 N–H and O–H groups in total. The summed E-state index contributed by atoms with van der Waals surface area (Å²) in [7, 11) is 0. The van der Waals surface area contributed by atoms with E-state index in [1.165, 1.54) is 5.56 Å². The molecule has 1 aromatic carbocycles. The number of hydrogen-bond donors (Lipinski definition) is 2. The number of guanidine groups is 1. The number of nitrogens with one attached hydrogen (secondary N) is 1. The van der Waals surface area contributed by atoms with Crippen LogP contribution < -0.4 is 15.8 Å². The fraction of sp³-hybridized carbons (Fsp3) is 0.632. The van der Waals surface area contributed by atoms with E-state index in [1.807, 2.05) is 12.1 Å². The monoisotopic (exact) mass is 348 g/mol. The summed E-state index contributed by atoms with van der Waals surface area (Å²) >= 11 is 0. The molecule has 25 heavy (non-hydrogen) atoms. The van der Waals surface area contributed by atoms with E-state index < -0.39 is 0 Å². The van der Waals surface area contributed by atoms with E-state index >= 15 is 0 Å². The summed E-state index contributed by atoms with van der Waals surface area (Å²) in [4.78, 5) is 6.76. The van der Waals surface area contributed by atoms with Crippen molar-refractivity contribution in [2.75, 3.05) is 52.5 Å². The van der Waals surface area contributed by atoms with Crippen LogP contribution in [-0.2, 0) is 4.74 Å². The number of nitrogens with zero attached hydrogens (tertiary/aromatic N) is 2. The molecule has 0 spiro atoms. The van der Waals surface area contributed by atoms with Crippen molar-refractivity contribution in [2.24, 2.45) is 10.7 Å². The molecule has 1 fully saturated rings. The van der Waals surface area contributed by atoms with Crippen LogP contribution in [0.5, 0.6) is 5.75 Å². The van der Waals surface area contributed by atoms with Gasteiger partial charge in [-0.2, -0.15) is 0 Å². The second kappa shape index (κ2) is 10.9. The predicted octanol–water partition coefficient (Wildman–Crippen LogP) is 1.82. The maximum absolute atomic E-state index is 5.88. The zero-order chi connectivity index (χ0) is 17.9.